The largest absolute Gasteiger partial charge is 0.469 e. The molecule has 2 bridgehead atoms. The number of ether oxygens (including phenoxy) is 1. The number of allylic oxidation sites excluding steroid dienone is 2. The molecule has 0 aromatic rings. The summed E-state index contributed by atoms with van der Waals surface area (Å²) in [6.45, 7) is 4.15. The number of hydrogen-bond acceptors (Lipinski definition) is 4. The van der Waals surface area contributed by atoms with E-state index < -0.39 is 5.60 Å². The summed E-state index contributed by atoms with van der Waals surface area (Å²) in [6, 6.07) is 0. The monoisotopic (exact) mass is 365 g/mol. The molecule has 5 atom stereocenters. The number of amides is 1. The van der Waals surface area contributed by atoms with E-state index in [1.165, 1.54) is 13.5 Å². The van der Waals surface area contributed by atoms with Gasteiger partial charge in [0.2, 0.25) is 5.91 Å². The third-order valence-corrected chi connectivity index (χ3v) is 6.05. The topological polar surface area (TPSA) is 75.6 Å². The molecular weight excluding hydrogens is 330 g/mol. The molecule has 0 spiro atoms. The van der Waals surface area contributed by atoms with E-state index in [0.29, 0.717) is 37.1 Å². The Balaban J connectivity index is 1.87. The molecule has 0 radical (unpaired) electrons. The maximum absolute atomic E-state index is 12.8. The molecule has 2 aliphatic rings. The van der Waals surface area contributed by atoms with Crippen LogP contribution in [0.1, 0.15) is 65.2 Å². The van der Waals surface area contributed by atoms with Crippen molar-refractivity contribution in [2.75, 3.05) is 13.7 Å². The van der Waals surface area contributed by atoms with Crippen molar-refractivity contribution in [2.45, 2.75) is 70.8 Å². The molecule has 0 aliphatic heterocycles. The average molecular weight is 366 g/mol. The molecule has 2 N–H and O–H groups in total. The highest BCUT2D eigenvalue weighted by Crippen LogP contribution is 2.53. The van der Waals surface area contributed by atoms with Crippen molar-refractivity contribution in [3.63, 3.8) is 0 Å². The number of fused-ring (bicyclic) bond motifs is 2. The van der Waals surface area contributed by atoms with E-state index in [1.807, 2.05) is 6.92 Å². The van der Waals surface area contributed by atoms with Crippen LogP contribution in [-0.4, -0.2) is 36.2 Å². The molecule has 2 fully saturated rings. The number of carbonyl (C=O) groups is 2. The number of aliphatic hydroxyl groups is 1. The molecule has 26 heavy (non-hydrogen) atoms. The van der Waals surface area contributed by atoms with Crippen molar-refractivity contribution in [2.24, 2.45) is 23.7 Å². The minimum atomic E-state index is -0.832. The fourth-order valence-electron chi connectivity index (χ4n) is 4.74. The lowest BCUT2D eigenvalue weighted by molar-refractivity contribution is -0.140. The highest BCUT2D eigenvalue weighted by Gasteiger charge is 2.49. The number of rotatable bonds is 10. The van der Waals surface area contributed by atoms with Crippen LogP contribution in [0.3, 0.4) is 0 Å². The summed E-state index contributed by atoms with van der Waals surface area (Å²) < 4.78 is 4.65. The molecule has 5 nitrogen and oxygen atoms in total. The second kappa shape index (κ2) is 9.54. The van der Waals surface area contributed by atoms with E-state index >= 15 is 0 Å². The minimum absolute atomic E-state index is 0.0306. The van der Waals surface area contributed by atoms with Gasteiger partial charge in [-0.2, -0.15) is 0 Å². The van der Waals surface area contributed by atoms with Gasteiger partial charge in [-0.3, -0.25) is 9.59 Å². The van der Waals surface area contributed by atoms with Crippen LogP contribution in [0.15, 0.2) is 12.2 Å². The molecule has 0 aromatic carbocycles. The lowest BCUT2D eigenvalue weighted by Gasteiger charge is -2.30. The summed E-state index contributed by atoms with van der Waals surface area (Å²) in [5, 5.41) is 13.3. The Morgan fingerprint density at radius 2 is 2.04 bits per heavy atom. The molecule has 148 valence electrons. The van der Waals surface area contributed by atoms with Gasteiger partial charge in [-0.1, -0.05) is 25.5 Å². The first-order chi connectivity index (χ1) is 12.4. The van der Waals surface area contributed by atoms with Crippen LogP contribution in [-0.2, 0) is 14.3 Å². The Labute approximate surface area is 157 Å². The van der Waals surface area contributed by atoms with Crippen LogP contribution in [0.2, 0.25) is 0 Å². The van der Waals surface area contributed by atoms with Gasteiger partial charge >= 0.3 is 5.97 Å². The normalized spacial score (nSPS) is 29.7. The second-order valence-electron chi connectivity index (χ2n) is 8.30. The van der Waals surface area contributed by atoms with Crippen molar-refractivity contribution in [1.29, 1.82) is 0 Å². The van der Waals surface area contributed by atoms with E-state index in [0.717, 1.165) is 32.1 Å². The van der Waals surface area contributed by atoms with Crippen molar-refractivity contribution in [3.8, 4) is 0 Å². The second-order valence-corrected chi connectivity index (χ2v) is 8.30. The lowest BCUT2D eigenvalue weighted by Crippen LogP contribution is -2.45. The maximum atomic E-state index is 12.8. The zero-order chi connectivity index (χ0) is 19.2. The van der Waals surface area contributed by atoms with Crippen LogP contribution in [0.5, 0.6) is 0 Å². The summed E-state index contributed by atoms with van der Waals surface area (Å²) in [5.41, 5.74) is -0.832. The van der Waals surface area contributed by atoms with E-state index in [9.17, 15) is 14.7 Å². The van der Waals surface area contributed by atoms with Crippen molar-refractivity contribution in [3.05, 3.63) is 12.2 Å². The van der Waals surface area contributed by atoms with Crippen LogP contribution >= 0.6 is 0 Å². The Morgan fingerprint density at radius 3 is 2.73 bits per heavy atom. The first kappa shape index (κ1) is 20.9. The Bertz CT molecular complexity index is 514. The van der Waals surface area contributed by atoms with Gasteiger partial charge < -0.3 is 15.2 Å². The van der Waals surface area contributed by atoms with Gasteiger partial charge in [-0.15, -0.1) is 0 Å². The Morgan fingerprint density at radius 1 is 1.31 bits per heavy atom. The molecule has 0 saturated heterocycles. The van der Waals surface area contributed by atoms with Gasteiger partial charge in [0.1, 0.15) is 0 Å². The average Bonchev–Trinajstić information content (AvgIpc) is 3.20. The van der Waals surface area contributed by atoms with Crippen molar-refractivity contribution < 1.29 is 19.4 Å². The van der Waals surface area contributed by atoms with Gasteiger partial charge in [0, 0.05) is 18.9 Å². The van der Waals surface area contributed by atoms with Crippen LogP contribution in [0.4, 0.5) is 0 Å². The standard InChI is InChI=1S/C21H35NO4/c1-4-12-21(2,25)14-22-20(24)19-16-11-10-15(13-16)17(19)8-6-5-7-9-18(23)26-3/h6,8,15-17,19,25H,4-5,7,9-14H2,1-3H3,(H,22,24). The molecule has 2 aliphatic carbocycles. The Hall–Kier alpha value is -1.36. The smallest absolute Gasteiger partial charge is 0.305 e. The number of esters is 1. The predicted octanol–water partition coefficient (Wildman–Crippen LogP) is 3.22. The molecule has 5 heteroatoms. The molecule has 1 amide bonds. The zero-order valence-electron chi connectivity index (χ0n) is 16.5. The van der Waals surface area contributed by atoms with Gasteiger partial charge in [0.25, 0.3) is 0 Å². The van der Waals surface area contributed by atoms with E-state index in [4.69, 9.17) is 0 Å². The van der Waals surface area contributed by atoms with Gasteiger partial charge in [0.05, 0.1) is 12.7 Å². The molecule has 2 saturated carbocycles. The van der Waals surface area contributed by atoms with Crippen molar-refractivity contribution in [1.82, 2.24) is 5.32 Å². The highest BCUT2D eigenvalue weighted by atomic mass is 16.5. The molecular formula is C21H35NO4. The number of nitrogens with one attached hydrogen (secondary N) is 1. The number of carbonyl (C=O) groups excluding carboxylic acids is 2. The summed E-state index contributed by atoms with van der Waals surface area (Å²) in [6.07, 6.45) is 11.5. The Kier molecular flexibility index (Phi) is 7.69. The van der Waals surface area contributed by atoms with E-state index in [2.05, 4.69) is 22.2 Å². The number of methoxy groups -OCH3 is 1. The highest BCUT2D eigenvalue weighted by molar-refractivity contribution is 5.80. The quantitative estimate of drug-likeness (QED) is 0.354. The molecule has 0 aromatic heterocycles. The van der Waals surface area contributed by atoms with Crippen LogP contribution in [0, 0.1) is 23.7 Å². The third-order valence-electron chi connectivity index (χ3n) is 6.05. The molecule has 5 unspecified atom stereocenters. The maximum Gasteiger partial charge on any atom is 0.305 e. The lowest BCUT2D eigenvalue weighted by atomic mass is 9.78. The first-order valence-corrected chi connectivity index (χ1v) is 10.1. The fraction of sp³-hybridized carbons (Fsp3) is 0.810. The summed E-state index contributed by atoms with van der Waals surface area (Å²) in [7, 11) is 1.41. The third kappa shape index (κ3) is 5.57. The summed E-state index contributed by atoms with van der Waals surface area (Å²) in [4.78, 5) is 24.0. The van der Waals surface area contributed by atoms with Crippen molar-refractivity contribution >= 4 is 11.9 Å². The number of unbranched alkanes of at least 4 members (excludes halogenated alkanes) is 1. The van der Waals surface area contributed by atoms with E-state index in [1.54, 1.807) is 6.92 Å². The van der Waals surface area contributed by atoms with Crippen LogP contribution < -0.4 is 5.32 Å². The molecule has 0 heterocycles. The first-order valence-electron chi connectivity index (χ1n) is 10.1. The SMILES string of the molecule is CCCC(C)(O)CNC(=O)C1C2CCC(C2)C1C=CCCCC(=O)OC. The predicted molar refractivity (Wildman–Crippen MR) is 101 cm³/mol. The van der Waals surface area contributed by atoms with Gasteiger partial charge in [-0.05, 0) is 63.2 Å². The summed E-state index contributed by atoms with van der Waals surface area (Å²) >= 11 is 0. The van der Waals surface area contributed by atoms with Gasteiger partial charge in [0.15, 0.2) is 0 Å². The minimum Gasteiger partial charge on any atom is -0.469 e. The zero-order valence-corrected chi connectivity index (χ0v) is 16.5. The number of hydrogen-bond donors (Lipinski definition) is 2. The van der Waals surface area contributed by atoms with Crippen LogP contribution in [0.25, 0.3) is 0 Å². The van der Waals surface area contributed by atoms with E-state index in [-0.39, 0.29) is 17.8 Å². The fourth-order valence-corrected chi connectivity index (χ4v) is 4.74. The summed E-state index contributed by atoms with van der Waals surface area (Å²) in [5.74, 6) is 1.32. The van der Waals surface area contributed by atoms with Gasteiger partial charge in [-0.25, -0.2) is 0 Å². The molecule has 2 rings (SSSR count).